The first-order valence-electron chi connectivity index (χ1n) is 6.63. The second kappa shape index (κ2) is 5.92. The lowest BCUT2D eigenvalue weighted by Crippen LogP contribution is -2.27. The van der Waals surface area contributed by atoms with E-state index in [0.29, 0.717) is 25.2 Å². The minimum absolute atomic E-state index is 0.0102. The Balaban J connectivity index is 2.43. The van der Waals surface area contributed by atoms with Crippen LogP contribution in [0.25, 0.3) is 0 Å². The number of rotatable bonds is 4. The van der Waals surface area contributed by atoms with Gasteiger partial charge in [-0.2, -0.15) is 0 Å². The van der Waals surface area contributed by atoms with Gasteiger partial charge in [-0.1, -0.05) is 0 Å². The Hall–Kier alpha value is -2.08. The van der Waals surface area contributed by atoms with E-state index in [1.54, 1.807) is 25.2 Å². The van der Waals surface area contributed by atoms with E-state index in [-0.39, 0.29) is 11.5 Å². The smallest absolute Gasteiger partial charge is 0.335 e. The van der Waals surface area contributed by atoms with Gasteiger partial charge in [-0.3, -0.25) is 4.79 Å². The summed E-state index contributed by atoms with van der Waals surface area (Å²) in [5.74, 6) is -1.00. The number of carboxylic acids is 1. The molecule has 0 fully saturated rings. The summed E-state index contributed by atoms with van der Waals surface area (Å²) < 4.78 is 0. The van der Waals surface area contributed by atoms with Crippen molar-refractivity contribution in [3.05, 3.63) is 23.8 Å². The van der Waals surface area contributed by atoms with Crippen molar-refractivity contribution < 1.29 is 14.7 Å². The minimum Gasteiger partial charge on any atom is -0.478 e. The maximum absolute atomic E-state index is 12.0. The highest BCUT2D eigenvalue weighted by Gasteiger charge is 2.24. The maximum atomic E-state index is 12.0. The Morgan fingerprint density at radius 1 is 1.40 bits per heavy atom. The number of carbonyl (C=O) groups excluding carboxylic acids is 1. The molecule has 0 atom stereocenters. The van der Waals surface area contributed by atoms with Gasteiger partial charge in [0.1, 0.15) is 0 Å². The van der Waals surface area contributed by atoms with E-state index in [2.05, 4.69) is 4.90 Å². The van der Waals surface area contributed by atoms with E-state index < -0.39 is 5.97 Å². The third-order valence-electron chi connectivity index (χ3n) is 3.53. The lowest BCUT2D eigenvalue weighted by atomic mass is 10.1. The van der Waals surface area contributed by atoms with Crippen LogP contribution >= 0.6 is 0 Å². The van der Waals surface area contributed by atoms with Crippen LogP contribution in [-0.4, -0.2) is 43.7 Å². The molecule has 20 heavy (non-hydrogen) atoms. The van der Waals surface area contributed by atoms with Gasteiger partial charge < -0.3 is 20.6 Å². The molecule has 3 N–H and O–H groups in total. The van der Waals surface area contributed by atoms with Gasteiger partial charge in [-0.15, -0.1) is 0 Å². The van der Waals surface area contributed by atoms with Crippen molar-refractivity contribution in [2.75, 3.05) is 36.5 Å². The number of hydrogen-bond donors (Lipinski definition) is 2. The predicted molar refractivity (Wildman–Crippen MR) is 77.3 cm³/mol. The lowest BCUT2D eigenvalue weighted by molar-refractivity contribution is -0.118. The number of aromatic carboxylic acids is 1. The second-order valence-electron chi connectivity index (χ2n) is 4.84. The van der Waals surface area contributed by atoms with Gasteiger partial charge in [0.2, 0.25) is 5.91 Å². The number of amides is 1. The molecule has 0 bridgehead atoms. The van der Waals surface area contributed by atoms with Crippen molar-refractivity contribution in [3.8, 4) is 0 Å². The minimum atomic E-state index is -0.994. The molecular formula is C14H19N3O3. The summed E-state index contributed by atoms with van der Waals surface area (Å²) in [6.45, 7) is 1.97. The largest absolute Gasteiger partial charge is 0.478 e. The van der Waals surface area contributed by atoms with Crippen molar-refractivity contribution in [3.63, 3.8) is 0 Å². The van der Waals surface area contributed by atoms with Gasteiger partial charge in [-0.25, -0.2) is 4.79 Å². The number of anilines is 2. The fraction of sp³-hybridized carbons (Fsp3) is 0.429. The number of fused-ring (bicyclic) bond motifs is 1. The lowest BCUT2D eigenvalue weighted by Gasteiger charge is -2.25. The van der Waals surface area contributed by atoms with Crippen LogP contribution in [0.1, 0.15) is 23.2 Å². The van der Waals surface area contributed by atoms with Crippen LogP contribution in [0.4, 0.5) is 11.4 Å². The van der Waals surface area contributed by atoms with Crippen LogP contribution in [0.2, 0.25) is 0 Å². The van der Waals surface area contributed by atoms with E-state index in [1.807, 2.05) is 0 Å². The van der Waals surface area contributed by atoms with Crippen LogP contribution in [-0.2, 0) is 4.79 Å². The highest BCUT2D eigenvalue weighted by molar-refractivity contribution is 6.00. The molecule has 0 aromatic heterocycles. The van der Waals surface area contributed by atoms with Crippen LogP contribution in [0.3, 0.4) is 0 Å². The summed E-state index contributed by atoms with van der Waals surface area (Å²) in [6.07, 6.45) is 1.25. The molecule has 1 aromatic rings. The molecule has 2 rings (SSSR count). The van der Waals surface area contributed by atoms with E-state index in [1.165, 1.54) is 4.90 Å². The van der Waals surface area contributed by atoms with Crippen molar-refractivity contribution in [2.24, 2.45) is 5.73 Å². The van der Waals surface area contributed by atoms with Crippen LogP contribution < -0.4 is 15.5 Å². The zero-order valence-corrected chi connectivity index (χ0v) is 11.5. The van der Waals surface area contributed by atoms with Crippen LogP contribution in [0.5, 0.6) is 0 Å². The quantitative estimate of drug-likeness (QED) is 0.854. The molecule has 0 saturated heterocycles. The number of carbonyl (C=O) groups is 2. The van der Waals surface area contributed by atoms with Crippen LogP contribution in [0.15, 0.2) is 18.2 Å². The number of nitrogens with zero attached hydrogens (tertiary/aromatic N) is 2. The van der Waals surface area contributed by atoms with Crippen molar-refractivity contribution in [2.45, 2.75) is 12.8 Å². The number of carboxylic acid groups (broad SMARTS) is 1. The third kappa shape index (κ3) is 2.75. The zero-order valence-electron chi connectivity index (χ0n) is 11.5. The standard InChI is InChI=1S/C14H19N3O3/c1-16-12-9-10(14(19)20)3-4-11(12)17(7-2-6-15)8-5-13(16)18/h3-4,9H,2,5-8,15H2,1H3,(H,19,20). The number of hydrogen-bond acceptors (Lipinski definition) is 4. The molecule has 0 aliphatic carbocycles. The van der Waals surface area contributed by atoms with Crippen molar-refractivity contribution in [1.29, 1.82) is 0 Å². The van der Waals surface area contributed by atoms with Gasteiger partial charge in [0, 0.05) is 26.6 Å². The van der Waals surface area contributed by atoms with Gasteiger partial charge in [0.05, 0.1) is 16.9 Å². The fourth-order valence-electron chi connectivity index (χ4n) is 2.36. The molecule has 0 saturated carbocycles. The highest BCUT2D eigenvalue weighted by atomic mass is 16.4. The predicted octanol–water partition coefficient (Wildman–Crippen LogP) is 0.907. The summed E-state index contributed by atoms with van der Waals surface area (Å²) in [4.78, 5) is 26.7. The molecule has 1 aliphatic heterocycles. The Kier molecular flexibility index (Phi) is 4.24. The van der Waals surface area contributed by atoms with E-state index in [0.717, 1.165) is 18.7 Å². The summed E-state index contributed by atoms with van der Waals surface area (Å²) in [7, 11) is 1.68. The van der Waals surface area contributed by atoms with Crippen LogP contribution in [0, 0.1) is 0 Å². The second-order valence-corrected chi connectivity index (χ2v) is 4.84. The van der Waals surface area contributed by atoms with Gasteiger partial charge in [-0.05, 0) is 31.2 Å². The summed E-state index contributed by atoms with van der Waals surface area (Å²) in [6, 6.07) is 4.89. The topological polar surface area (TPSA) is 86.9 Å². The van der Waals surface area contributed by atoms with Gasteiger partial charge in [0.25, 0.3) is 0 Å². The first-order chi connectivity index (χ1) is 9.54. The summed E-state index contributed by atoms with van der Waals surface area (Å²) >= 11 is 0. The first-order valence-corrected chi connectivity index (χ1v) is 6.63. The highest BCUT2D eigenvalue weighted by Crippen LogP contribution is 2.33. The van der Waals surface area contributed by atoms with Gasteiger partial charge >= 0.3 is 5.97 Å². The average Bonchev–Trinajstić information content (AvgIpc) is 2.56. The summed E-state index contributed by atoms with van der Waals surface area (Å²) in [5.41, 5.74) is 7.25. The van der Waals surface area contributed by atoms with E-state index in [4.69, 9.17) is 10.8 Å². The molecule has 0 unspecified atom stereocenters. The molecule has 1 aromatic carbocycles. The number of benzene rings is 1. The molecule has 0 radical (unpaired) electrons. The monoisotopic (exact) mass is 277 g/mol. The zero-order chi connectivity index (χ0) is 14.7. The molecule has 108 valence electrons. The van der Waals surface area contributed by atoms with Crippen molar-refractivity contribution >= 4 is 23.3 Å². The fourth-order valence-corrected chi connectivity index (χ4v) is 2.36. The molecule has 1 aliphatic rings. The molecular weight excluding hydrogens is 258 g/mol. The molecule has 0 spiro atoms. The Morgan fingerprint density at radius 3 is 2.80 bits per heavy atom. The normalized spacial score (nSPS) is 15.0. The third-order valence-corrected chi connectivity index (χ3v) is 3.53. The maximum Gasteiger partial charge on any atom is 0.335 e. The van der Waals surface area contributed by atoms with Crippen molar-refractivity contribution in [1.82, 2.24) is 0 Å². The number of nitrogens with two attached hydrogens (primary N) is 1. The first kappa shape index (κ1) is 14.3. The Morgan fingerprint density at radius 2 is 2.15 bits per heavy atom. The molecule has 6 heteroatoms. The Bertz CT molecular complexity index is 530. The summed E-state index contributed by atoms with van der Waals surface area (Å²) in [5, 5.41) is 9.08. The van der Waals surface area contributed by atoms with E-state index in [9.17, 15) is 9.59 Å². The van der Waals surface area contributed by atoms with E-state index >= 15 is 0 Å². The molecule has 1 amide bonds. The van der Waals surface area contributed by atoms with Gasteiger partial charge in [0.15, 0.2) is 0 Å². The SMILES string of the molecule is CN1C(=O)CCN(CCCN)c2ccc(C(=O)O)cc21. The Labute approximate surface area is 117 Å². The average molecular weight is 277 g/mol. The molecule has 1 heterocycles. The molecule has 6 nitrogen and oxygen atoms in total.